The van der Waals surface area contributed by atoms with E-state index in [9.17, 15) is 9.18 Å². The number of nitriles is 1. The zero-order valence-corrected chi connectivity index (χ0v) is 9.19. The molecule has 88 valence electrons. The highest BCUT2D eigenvalue weighted by Gasteiger charge is 2.29. The molecule has 1 aromatic rings. The van der Waals surface area contributed by atoms with Crippen molar-refractivity contribution in [2.24, 2.45) is 5.73 Å². The lowest BCUT2D eigenvalue weighted by atomic mass is 10.1. The van der Waals surface area contributed by atoms with Crippen LogP contribution in [0.4, 0.5) is 10.1 Å². The van der Waals surface area contributed by atoms with Crippen molar-refractivity contribution in [3.63, 3.8) is 0 Å². The first-order chi connectivity index (χ1) is 8.13. The number of nitrogens with two attached hydrogens (primary N) is 1. The van der Waals surface area contributed by atoms with Gasteiger partial charge in [0.1, 0.15) is 17.9 Å². The fraction of sp³-hybridized carbons (Fsp3) is 0.333. The van der Waals surface area contributed by atoms with E-state index in [0.717, 1.165) is 6.42 Å². The highest BCUT2D eigenvalue weighted by molar-refractivity contribution is 5.84. The Balaban J connectivity index is 2.31. The van der Waals surface area contributed by atoms with Gasteiger partial charge in [-0.1, -0.05) is 0 Å². The number of primary amides is 1. The first-order valence-electron chi connectivity index (χ1n) is 5.39. The Morgan fingerprint density at radius 2 is 2.35 bits per heavy atom. The minimum Gasteiger partial charge on any atom is -0.368 e. The van der Waals surface area contributed by atoms with E-state index >= 15 is 0 Å². The molecule has 1 aromatic carbocycles. The van der Waals surface area contributed by atoms with Gasteiger partial charge in [-0.3, -0.25) is 4.79 Å². The summed E-state index contributed by atoms with van der Waals surface area (Å²) in [5, 5.41) is 8.64. The molecule has 0 spiro atoms. The molecule has 1 amide bonds. The molecule has 1 heterocycles. The molecule has 1 unspecified atom stereocenters. The van der Waals surface area contributed by atoms with Crippen LogP contribution in [0.3, 0.4) is 0 Å². The van der Waals surface area contributed by atoms with Crippen LogP contribution in [0.5, 0.6) is 0 Å². The van der Waals surface area contributed by atoms with Crippen LogP contribution in [-0.4, -0.2) is 18.5 Å². The third kappa shape index (κ3) is 2.07. The van der Waals surface area contributed by atoms with Crippen LogP contribution in [0.2, 0.25) is 0 Å². The summed E-state index contributed by atoms with van der Waals surface area (Å²) < 4.78 is 13.5. The van der Waals surface area contributed by atoms with Gasteiger partial charge in [0.2, 0.25) is 5.91 Å². The Hall–Kier alpha value is -2.09. The largest absolute Gasteiger partial charge is 0.368 e. The molecule has 2 rings (SSSR count). The number of carbonyl (C=O) groups is 1. The summed E-state index contributed by atoms with van der Waals surface area (Å²) in [5.74, 6) is -0.965. The minimum absolute atomic E-state index is 0.00331. The predicted octanol–water partition coefficient (Wildman–Crippen LogP) is 1.15. The monoisotopic (exact) mass is 233 g/mol. The van der Waals surface area contributed by atoms with Crippen LogP contribution < -0.4 is 10.6 Å². The number of nitrogens with zero attached hydrogens (tertiary/aromatic N) is 2. The molecule has 1 fully saturated rings. The first-order valence-corrected chi connectivity index (χ1v) is 5.39. The molecular formula is C12H12FN3O. The van der Waals surface area contributed by atoms with Crippen LogP contribution >= 0.6 is 0 Å². The average molecular weight is 233 g/mol. The Morgan fingerprint density at radius 1 is 1.59 bits per heavy atom. The summed E-state index contributed by atoms with van der Waals surface area (Å²) >= 11 is 0. The summed E-state index contributed by atoms with van der Waals surface area (Å²) in [7, 11) is 0. The lowest BCUT2D eigenvalue weighted by molar-refractivity contribution is -0.119. The second-order valence-electron chi connectivity index (χ2n) is 4.03. The molecule has 0 bridgehead atoms. The number of halogens is 1. The van der Waals surface area contributed by atoms with Gasteiger partial charge in [0.05, 0.1) is 5.56 Å². The Bertz CT molecular complexity index is 495. The number of hydrogen-bond donors (Lipinski definition) is 1. The van der Waals surface area contributed by atoms with Gasteiger partial charge in [0.25, 0.3) is 0 Å². The van der Waals surface area contributed by atoms with E-state index in [-0.39, 0.29) is 11.6 Å². The lowest BCUT2D eigenvalue weighted by Crippen LogP contribution is -2.40. The van der Waals surface area contributed by atoms with Crippen molar-refractivity contribution in [3.05, 3.63) is 29.6 Å². The summed E-state index contributed by atoms with van der Waals surface area (Å²) in [6.07, 6.45) is 1.55. The maximum Gasteiger partial charge on any atom is 0.240 e. The molecule has 5 heteroatoms. The average Bonchev–Trinajstić information content (AvgIpc) is 2.77. The van der Waals surface area contributed by atoms with E-state index in [1.54, 1.807) is 17.0 Å². The number of hydrogen-bond acceptors (Lipinski definition) is 3. The van der Waals surface area contributed by atoms with Crippen LogP contribution in [0, 0.1) is 17.1 Å². The molecule has 1 aliphatic rings. The van der Waals surface area contributed by atoms with E-state index in [4.69, 9.17) is 11.0 Å². The maximum atomic E-state index is 13.5. The van der Waals surface area contributed by atoms with Crippen molar-refractivity contribution < 1.29 is 9.18 Å². The molecular weight excluding hydrogens is 221 g/mol. The van der Waals surface area contributed by atoms with Gasteiger partial charge in [-0.25, -0.2) is 4.39 Å². The molecule has 1 atom stereocenters. The van der Waals surface area contributed by atoms with Crippen molar-refractivity contribution >= 4 is 11.6 Å². The van der Waals surface area contributed by atoms with Gasteiger partial charge in [-0.2, -0.15) is 5.26 Å². The first kappa shape index (κ1) is 11.4. The minimum atomic E-state index is -0.569. The van der Waals surface area contributed by atoms with E-state index < -0.39 is 11.7 Å². The molecule has 0 aromatic heterocycles. The van der Waals surface area contributed by atoms with Crippen molar-refractivity contribution in [2.45, 2.75) is 18.9 Å². The summed E-state index contributed by atoms with van der Waals surface area (Å²) in [4.78, 5) is 13.0. The van der Waals surface area contributed by atoms with Gasteiger partial charge in [-0.15, -0.1) is 0 Å². The number of carbonyl (C=O) groups excluding carboxylic acids is 1. The SMILES string of the molecule is N#Cc1ccc(N2CCCC2C(N)=O)cc1F. The van der Waals surface area contributed by atoms with E-state index in [0.29, 0.717) is 18.7 Å². The number of rotatable bonds is 2. The Labute approximate surface area is 98.4 Å². The van der Waals surface area contributed by atoms with Gasteiger partial charge < -0.3 is 10.6 Å². The zero-order chi connectivity index (χ0) is 12.4. The number of anilines is 1. The quantitative estimate of drug-likeness (QED) is 0.833. The molecule has 17 heavy (non-hydrogen) atoms. The third-order valence-corrected chi connectivity index (χ3v) is 2.99. The zero-order valence-electron chi connectivity index (χ0n) is 9.19. The van der Waals surface area contributed by atoms with E-state index in [2.05, 4.69) is 0 Å². The van der Waals surface area contributed by atoms with Crippen LogP contribution in [-0.2, 0) is 4.79 Å². The van der Waals surface area contributed by atoms with Crippen LogP contribution in [0.25, 0.3) is 0 Å². The van der Waals surface area contributed by atoms with E-state index in [1.165, 1.54) is 12.1 Å². The smallest absolute Gasteiger partial charge is 0.240 e. The molecule has 2 N–H and O–H groups in total. The van der Waals surface area contributed by atoms with E-state index in [1.807, 2.05) is 0 Å². The molecule has 0 aliphatic carbocycles. The fourth-order valence-electron chi connectivity index (χ4n) is 2.14. The molecule has 1 saturated heterocycles. The van der Waals surface area contributed by atoms with Crippen molar-refractivity contribution in [1.82, 2.24) is 0 Å². The highest BCUT2D eigenvalue weighted by Crippen LogP contribution is 2.26. The van der Waals surface area contributed by atoms with Crippen LogP contribution in [0.1, 0.15) is 18.4 Å². The van der Waals surface area contributed by atoms with Gasteiger partial charge in [0, 0.05) is 12.2 Å². The number of benzene rings is 1. The Morgan fingerprint density at radius 3 is 2.94 bits per heavy atom. The summed E-state index contributed by atoms with van der Waals surface area (Å²) in [5.41, 5.74) is 5.90. The van der Waals surface area contributed by atoms with Crippen molar-refractivity contribution in [3.8, 4) is 6.07 Å². The second kappa shape index (κ2) is 4.42. The van der Waals surface area contributed by atoms with Crippen molar-refractivity contribution in [2.75, 3.05) is 11.4 Å². The lowest BCUT2D eigenvalue weighted by Gasteiger charge is -2.24. The maximum absolute atomic E-state index is 13.5. The Kier molecular flexibility index (Phi) is 2.96. The fourth-order valence-corrected chi connectivity index (χ4v) is 2.14. The summed E-state index contributed by atoms with van der Waals surface area (Å²) in [6.45, 7) is 0.680. The standard InChI is InChI=1S/C12H12FN3O/c13-10-6-9(4-3-8(10)7-14)16-5-1-2-11(16)12(15)17/h3-4,6,11H,1-2,5H2,(H2,15,17). The van der Waals surface area contributed by atoms with Gasteiger partial charge in [0.15, 0.2) is 0 Å². The normalized spacial score (nSPS) is 19.1. The second-order valence-corrected chi connectivity index (χ2v) is 4.03. The van der Waals surface area contributed by atoms with Crippen LogP contribution in [0.15, 0.2) is 18.2 Å². The molecule has 0 saturated carbocycles. The molecule has 0 radical (unpaired) electrons. The van der Waals surface area contributed by atoms with Gasteiger partial charge >= 0.3 is 0 Å². The predicted molar refractivity (Wildman–Crippen MR) is 60.7 cm³/mol. The highest BCUT2D eigenvalue weighted by atomic mass is 19.1. The number of amides is 1. The molecule has 4 nitrogen and oxygen atoms in total. The van der Waals surface area contributed by atoms with Gasteiger partial charge in [-0.05, 0) is 31.0 Å². The summed E-state index contributed by atoms with van der Waals surface area (Å²) in [6, 6.07) is 5.73. The topological polar surface area (TPSA) is 70.1 Å². The molecule has 1 aliphatic heterocycles. The third-order valence-electron chi connectivity index (χ3n) is 2.99. The van der Waals surface area contributed by atoms with Crippen molar-refractivity contribution in [1.29, 1.82) is 5.26 Å².